The molecule has 32 heavy (non-hydrogen) atoms. The van der Waals surface area contributed by atoms with Crippen molar-refractivity contribution in [3.8, 4) is 17.2 Å². The fourth-order valence-electron chi connectivity index (χ4n) is 2.71. The largest absolute Gasteiger partial charge is 0.494 e. The topological polar surface area (TPSA) is 74.2 Å². The molecule has 0 bridgehead atoms. The third-order valence-corrected chi connectivity index (χ3v) is 6.21. The summed E-state index contributed by atoms with van der Waals surface area (Å²) >= 11 is 9.23. The van der Waals surface area contributed by atoms with Crippen LogP contribution in [0, 0.1) is 0 Å². The summed E-state index contributed by atoms with van der Waals surface area (Å²) in [7, 11) is -4.08. The normalized spacial score (nSPS) is 11.5. The third kappa shape index (κ3) is 6.25. The van der Waals surface area contributed by atoms with Gasteiger partial charge in [-0.25, -0.2) is 0 Å². The number of hydrogen-bond donors (Lipinski definition) is 0. The predicted molar refractivity (Wildman–Crippen MR) is 129 cm³/mol. The van der Waals surface area contributed by atoms with E-state index in [1.807, 2.05) is 31.2 Å². The van der Waals surface area contributed by atoms with Crippen LogP contribution in [0.5, 0.6) is 17.2 Å². The molecule has 0 atom stereocenters. The zero-order chi connectivity index (χ0) is 23.1. The van der Waals surface area contributed by atoms with E-state index in [1.54, 1.807) is 25.3 Å². The van der Waals surface area contributed by atoms with Gasteiger partial charge in [0.05, 0.1) is 23.4 Å². The molecular weight excluding hydrogens is 518 g/mol. The van der Waals surface area contributed by atoms with Crippen molar-refractivity contribution in [3.05, 3.63) is 75.7 Å². The van der Waals surface area contributed by atoms with Crippen molar-refractivity contribution in [2.45, 2.75) is 18.7 Å². The van der Waals surface area contributed by atoms with E-state index in [-0.39, 0.29) is 16.4 Å². The molecule has 0 saturated heterocycles. The molecule has 9 heteroatoms. The summed E-state index contributed by atoms with van der Waals surface area (Å²) in [5.41, 5.74) is 1.44. The SMILES string of the molecule is CCOc1ccc(N=Cc2cc(Br)c(OS(=O)(=O)c3ccc(Cl)cc3)c(OCC)c2)cc1. The first kappa shape index (κ1) is 24.1. The molecule has 0 heterocycles. The Balaban J connectivity index is 1.88. The molecule has 0 aliphatic heterocycles. The summed E-state index contributed by atoms with van der Waals surface area (Å²) in [6, 6.07) is 16.5. The summed E-state index contributed by atoms with van der Waals surface area (Å²) in [6.45, 7) is 4.64. The number of aliphatic imine (C=N–C) groups is 1. The van der Waals surface area contributed by atoms with E-state index in [9.17, 15) is 8.42 Å². The Morgan fingerprint density at radius 1 is 0.969 bits per heavy atom. The van der Waals surface area contributed by atoms with Gasteiger partial charge >= 0.3 is 10.1 Å². The van der Waals surface area contributed by atoms with Crippen LogP contribution in [0.15, 0.2) is 75.0 Å². The Morgan fingerprint density at radius 2 is 1.62 bits per heavy atom. The van der Waals surface area contributed by atoms with E-state index in [2.05, 4.69) is 20.9 Å². The molecule has 3 aromatic rings. The minimum absolute atomic E-state index is 0.0163. The first-order valence-corrected chi connectivity index (χ1v) is 12.3. The number of halogens is 2. The highest BCUT2D eigenvalue weighted by molar-refractivity contribution is 9.10. The van der Waals surface area contributed by atoms with Crippen molar-refractivity contribution in [2.24, 2.45) is 4.99 Å². The average Bonchev–Trinajstić information content (AvgIpc) is 2.76. The summed E-state index contributed by atoms with van der Waals surface area (Å²) < 4.78 is 42.3. The number of benzene rings is 3. The summed E-state index contributed by atoms with van der Waals surface area (Å²) in [4.78, 5) is 4.44. The highest BCUT2D eigenvalue weighted by atomic mass is 79.9. The van der Waals surface area contributed by atoms with E-state index in [0.717, 1.165) is 11.4 Å². The van der Waals surface area contributed by atoms with Crippen LogP contribution >= 0.6 is 27.5 Å². The lowest BCUT2D eigenvalue weighted by atomic mass is 10.2. The number of hydrogen-bond acceptors (Lipinski definition) is 6. The second-order valence-electron chi connectivity index (χ2n) is 6.44. The quantitative estimate of drug-likeness (QED) is 0.232. The van der Waals surface area contributed by atoms with Gasteiger partial charge in [-0.05, 0) is 96.0 Å². The van der Waals surface area contributed by atoms with Crippen LogP contribution in [0.1, 0.15) is 19.4 Å². The van der Waals surface area contributed by atoms with Gasteiger partial charge in [-0.2, -0.15) is 8.42 Å². The van der Waals surface area contributed by atoms with Gasteiger partial charge in [0.1, 0.15) is 10.6 Å². The highest BCUT2D eigenvalue weighted by Gasteiger charge is 2.22. The van der Waals surface area contributed by atoms with Gasteiger partial charge in [0.25, 0.3) is 0 Å². The van der Waals surface area contributed by atoms with Crippen molar-refractivity contribution in [1.29, 1.82) is 0 Å². The zero-order valence-electron chi connectivity index (χ0n) is 17.4. The maximum atomic E-state index is 12.7. The van der Waals surface area contributed by atoms with Crippen LogP contribution < -0.4 is 13.7 Å². The molecule has 0 unspecified atom stereocenters. The highest BCUT2D eigenvalue weighted by Crippen LogP contribution is 2.38. The summed E-state index contributed by atoms with van der Waals surface area (Å²) in [6.07, 6.45) is 1.65. The zero-order valence-corrected chi connectivity index (χ0v) is 20.6. The second-order valence-corrected chi connectivity index (χ2v) is 9.28. The maximum absolute atomic E-state index is 12.7. The minimum Gasteiger partial charge on any atom is -0.494 e. The van der Waals surface area contributed by atoms with Gasteiger partial charge in [0.2, 0.25) is 0 Å². The van der Waals surface area contributed by atoms with Crippen molar-refractivity contribution in [3.63, 3.8) is 0 Å². The lowest BCUT2D eigenvalue weighted by Crippen LogP contribution is -2.11. The first-order valence-electron chi connectivity index (χ1n) is 9.75. The van der Waals surface area contributed by atoms with Crippen molar-refractivity contribution in [2.75, 3.05) is 13.2 Å². The average molecular weight is 539 g/mol. The van der Waals surface area contributed by atoms with Crippen molar-refractivity contribution in [1.82, 2.24) is 0 Å². The van der Waals surface area contributed by atoms with E-state index in [4.69, 9.17) is 25.3 Å². The van der Waals surface area contributed by atoms with Crippen LogP contribution in [0.2, 0.25) is 5.02 Å². The Labute approximate surface area is 201 Å². The smallest absolute Gasteiger partial charge is 0.339 e. The van der Waals surface area contributed by atoms with E-state index in [0.29, 0.717) is 28.3 Å². The number of rotatable bonds is 9. The van der Waals surface area contributed by atoms with Crippen LogP contribution in [0.25, 0.3) is 0 Å². The van der Waals surface area contributed by atoms with E-state index in [1.165, 1.54) is 24.3 Å². The van der Waals surface area contributed by atoms with Gasteiger partial charge < -0.3 is 13.7 Å². The molecule has 3 aromatic carbocycles. The Morgan fingerprint density at radius 3 is 2.25 bits per heavy atom. The van der Waals surface area contributed by atoms with Gasteiger partial charge in [0, 0.05) is 11.2 Å². The van der Waals surface area contributed by atoms with Crippen LogP contribution in [-0.2, 0) is 10.1 Å². The molecule has 0 N–H and O–H groups in total. The van der Waals surface area contributed by atoms with E-state index < -0.39 is 10.1 Å². The Kier molecular flexibility index (Phi) is 8.17. The molecule has 3 rings (SSSR count). The Hall–Kier alpha value is -2.55. The molecule has 0 saturated carbocycles. The van der Waals surface area contributed by atoms with Gasteiger partial charge in [0.15, 0.2) is 11.5 Å². The molecule has 0 aliphatic rings. The molecule has 0 aliphatic carbocycles. The standard InChI is InChI=1S/C23H21BrClNO5S/c1-3-29-19-9-7-18(8-10-19)26-15-16-13-21(24)23(22(14-16)30-4-2)31-32(27,28)20-11-5-17(25)6-12-20/h5-15H,3-4H2,1-2H3. The maximum Gasteiger partial charge on any atom is 0.339 e. The first-order chi connectivity index (χ1) is 15.3. The monoisotopic (exact) mass is 537 g/mol. The molecule has 0 amide bonds. The molecule has 0 fully saturated rings. The Bertz CT molecular complexity index is 1200. The van der Waals surface area contributed by atoms with Crippen LogP contribution in [-0.4, -0.2) is 27.8 Å². The predicted octanol–water partition coefficient (Wildman–Crippen LogP) is 6.42. The lowest BCUT2D eigenvalue weighted by Gasteiger charge is -2.14. The number of ether oxygens (including phenoxy) is 2. The molecular formula is C23H21BrClNO5S. The second kappa shape index (κ2) is 10.8. The van der Waals surface area contributed by atoms with Crippen LogP contribution in [0.3, 0.4) is 0 Å². The fourth-order valence-corrected chi connectivity index (χ4v) is 4.44. The summed E-state index contributed by atoms with van der Waals surface area (Å²) in [5.74, 6) is 1.10. The molecule has 0 spiro atoms. The summed E-state index contributed by atoms with van der Waals surface area (Å²) in [5, 5.41) is 0.427. The lowest BCUT2D eigenvalue weighted by molar-refractivity contribution is 0.327. The van der Waals surface area contributed by atoms with E-state index >= 15 is 0 Å². The molecule has 0 aromatic heterocycles. The molecule has 0 radical (unpaired) electrons. The third-order valence-electron chi connectivity index (χ3n) is 4.14. The van der Waals surface area contributed by atoms with Crippen molar-refractivity contribution >= 4 is 49.6 Å². The van der Waals surface area contributed by atoms with Gasteiger partial charge in [-0.1, -0.05) is 11.6 Å². The van der Waals surface area contributed by atoms with Crippen LogP contribution in [0.4, 0.5) is 5.69 Å². The van der Waals surface area contributed by atoms with Crippen molar-refractivity contribution < 1.29 is 22.1 Å². The molecule has 6 nitrogen and oxygen atoms in total. The fraction of sp³-hybridized carbons (Fsp3) is 0.174. The minimum atomic E-state index is -4.08. The van der Waals surface area contributed by atoms with Gasteiger partial charge in [-0.3, -0.25) is 4.99 Å². The van der Waals surface area contributed by atoms with Gasteiger partial charge in [-0.15, -0.1) is 0 Å². The molecule has 168 valence electrons. The number of nitrogens with zero attached hydrogens (tertiary/aromatic N) is 1.